The molecule has 12 heteroatoms. The van der Waals surface area contributed by atoms with Gasteiger partial charge in [0, 0.05) is 27.9 Å². The third kappa shape index (κ3) is 4.14. The van der Waals surface area contributed by atoms with E-state index in [0.29, 0.717) is 12.0 Å². The van der Waals surface area contributed by atoms with Crippen LogP contribution in [-0.2, 0) is 16.4 Å². The molecule has 1 aliphatic rings. The molecule has 5 heterocycles. The third-order valence-corrected chi connectivity index (χ3v) is 10.1. The predicted molar refractivity (Wildman–Crippen MR) is 145 cm³/mol. The number of thiophene rings is 2. The number of halogens is 1. The molecule has 0 atom stereocenters. The number of ketones is 1. The van der Waals surface area contributed by atoms with E-state index in [2.05, 4.69) is 19.7 Å². The van der Waals surface area contributed by atoms with Crippen LogP contribution in [0.25, 0.3) is 31.2 Å². The summed E-state index contributed by atoms with van der Waals surface area (Å²) < 4.78 is 49.9. The van der Waals surface area contributed by atoms with Crippen molar-refractivity contribution in [2.45, 2.75) is 24.7 Å². The molecular weight excluding hydrogens is 548 g/mol. The molecule has 0 aliphatic carbocycles. The van der Waals surface area contributed by atoms with E-state index < -0.39 is 21.6 Å². The number of methoxy groups -OCH3 is 1. The SMILES string of the molecule is COc1ncc2cc1NS(=O)(=O)c1ccc(F)c(c1)C(=O)CCc1ccc(s1)-c1ncnc3c(C)c-2sc13. The predicted octanol–water partition coefficient (Wildman–Crippen LogP) is 5.87. The summed E-state index contributed by atoms with van der Waals surface area (Å²) in [4.78, 5) is 28.8. The first-order chi connectivity index (χ1) is 18.2. The normalized spacial score (nSPS) is 14.7. The van der Waals surface area contributed by atoms with Crippen molar-refractivity contribution in [2.75, 3.05) is 11.8 Å². The number of nitrogens with zero attached hydrogens (tertiary/aromatic N) is 3. The Balaban J connectivity index is 1.60. The quantitative estimate of drug-likeness (QED) is 0.270. The average Bonchev–Trinajstić information content (AvgIpc) is 3.51. The maximum atomic E-state index is 14.6. The van der Waals surface area contributed by atoms with Crippen molar-refractivity contribution in [2.24, 2.45) is 0 Å². The molecule has 0 amide bonds. The molecule has 0 spiro atoms. The number of hydrogen-bond donors (Lipinski definition) is 1. The molecule has 8 nitrogen and oxygen atoms in total. The molecule has 192 valence electrons. The van der Waals surface area contributed by atoms with Crippen molar-refractivity contribution < 1.29 is 22.3 Å². The second kappa shape index (κ2) is 9.22. The lowest BCUT2D eigenvalue weighted by Crippen LogP contribution is -2.15. The van der Waals surface area contributed by atoms with Gasteiger partial charge in [-0.2, -0.15) is 0 Å². The summed E-state index contributed by atoms with van der Waals surface area (Å²) in [6, 6.07) is 8.71. The van der Waals surface area contributed by atoms with Gasteiger partial charge in [0.05, 0.1) is 32.7 Å². The smallest absolute Gasteiger partial charge is 0.262 e. The van der Waals surface area contributed by atoms with Gasteiger partial charge in [0.15, 0.2) is 5.78 Å². The number of fused-ring (bicyclic) bond motifs is 9. The van der Waals surface area contributed by atoms with Gasteiger partial charge in [-0.3, -0.25) is 9.52 Å². The van der Waals surface area contributed by atoms with Crippen molar-refractivity contribution in [3.63, 3.8) is 0 Å². The molecule has 0 radical (unpaired) electrons. The standard InChI is InChI=1S/C26H19FN4O4S3/c1-13-22-25-23(30-12-29-22)21-8-4-15(36-21)3-7-20(32)17-10-16(5-6-18(17)27)38(33,34)31-19-9-14(24(13)37-25)11-28-26(19)35-2/h4-6,8-12,31H,3,7H2,1-2H3. The van der Waals surface area contributed by atoms with Crippen LogP contribution in [0.4, 0.5) is 10.1 Å². The number of aryl methyl sites for hydroxylation is 2. The zero-order valence-corrected chi connectivity index (χ0v) is 22.6. The Morgan fingerprint density at radius 2 is 1.89 bits per heavy atom. The van der Waals surface area contributed by atoms with E-state index in [-0.39, 0.29) is 28.4 Å². The first-order valence-corrected chi connectivity index (χ1v) is 14.6. The number of Topliss-reactive ketones (excluding diaryl/α,β-unsaturated/α-hetero) is 1. The summed E-state index contributed by atoms with van der Waals surface area (Å²) in [5.74, 6) is -1.20. The number of hydrogen-bond acceptors (Lipinski definition) is 9. The van der Waals surface area contributed by atoms with Gasteiger partial charge in [-0.05, 0) is 55.3 Å². The largest absolute Gasteiger partial charge is 0.480 e. The first kappa shape index (κ1) is 24.6. The number of sulfonamides is 1. The fourth-order valence-corrected chi connectivity index (χ4v) is 7.78. The van der Waals surface area contributed by atoms with Crippen LogP contribution in [0.5, 0.6) is 5.88 Å². The van der Waals surface area contributed by atoms with Crippen LogP contribution in [0.3, 0.4) is 0 Å². The molecule has 38 heavy (non-hydrogen) atoms. The van der Waals surface area contributed by atoms with Crippen LogP contribution in [0.15, 0.2) is 53.8 Å². The number of ether oxygens (including phenoxy) is 1. The summed E-state index contributed by atoms with van der Waals surface area (Å²) in [6.07, 6.45) is 3.54. The molecule has 1 aromatic carbocycles. The summed E-state index contributed by atoms with van der Waals surface area (Å²) >= 11 is 3.01. The fourth-order valence-electron chi connectivity index (χ4n) is 4.39. The highest BCUT2D eigenvalue weighted by atomic mass is 32.2. The summed E-state index contributed by atoms with van der Waals surface area (Å²) in [7, 11) is -2.83. The lowest BCUT2D eigenvalue weighted by atomic mass is 10.1. The number of anilines is 1. The monoisotopic (exact) mass is 566 g/mol. The Bertz CT molecular complexity index is 1860. The zero-order valence-electron chi connectivity index (χ0n) is 20.1. The van der Waals surface area contributed by atoms with E-state index in [1.807, 2.05) is 19.1 Å². The van der Waals surface area contributed by atoms with Crippen LogP contribution in [0.1, 0.15) is 27.2 Å². The number of carbonyl (C=O) groups excluding carboxylic acids is 1. The van der Waals surface area contributed by atoms with Crippen LogP contribution in [0, 0.1) is 12.7 Å². The van der Waals surface area contributed by atoms with Gasteiger partial charge in [-0.25, -0.2) is 27.8 Å². The van der Waals surface area contributed by atoms with E-state index in [9.17, 15) is 17.6 Å². The van der Waals surface area contributed by atoms with E-state index in [1.54, 1.807) is 12.3 Å². The molecule has 0 saturated carbocycles. The van der Waals surface area contributed by atoms with Crippen LogP contribution < -0.4 is 9.46 Å². The Hall–Kier alpha value is -3.74. The molecule has 4 aromatic heterocycles. The number of rotatable bonds is 1. The number of aromatic nitrogens is 3. The van der Waals surface area contributed by atoms with Gasteiger partial charge >= 0.3 is 0 Å². The molecule has 0 unspecified atom stereocenters. The zero-order chi connectivity index (χ0) is 26.6. The van der Waals surface area contributed by atoms with E-state index in [4.69, 9.17) is 4.74 Å². The van der Waals surface area contributed by atoms with Crippen molar-refractivity contribution in [3.05, 3.63) is 70.7 Å². The van der Waals surface area contributed by atoms with Crippen LogP contribution >= 0.6 is 22.7 Å². The van der Waals surface area contributed by atoms with Crippen molar-refractivity contribution in [1.82, 2.24) is 15.0 Å². The average molecular weight is 567 g/mol. The van der Waals surface area contributed by atoms with Crippen molar-refractivity contribution in [1.29, 1.82) is 0 Å². The molecule has 8 bridgehead atoms. The Kier molecular flexibility index (Phi) is 5.97. The summed E-state index contributed by atoms with van der Waals surface area (Å²) in [6.45, 7) is 1.95. The van der Waals surface area contributed by atoms with Gasteiger partial charge < -0.3 is 4.74 Å². The number of nitrogens with one attached hydrogen (secondary N) is 1. The molecule has 1 aliphatic heterocycles. The highest BCUT2D eigenvalue weighted by Gasteiger charge is 2.24. The third-order valence-electron chi connectivity index (χ3n) is 6.30. The molecule has 0 saturated heterocycles. The number of benzene rings is 1. The van der Waals surface area contributed by atoms with Crippen LogP contribution in [-0.4, -0.2) is 36.3 Å². The lowest BCUT2D eigenvalue weighted by Gasteiger charge is -2.13. The maximum Gasteiger partial charge on any atom is 0.262 e. The summed E-state index contributed by atoms with van der Waals surface area (Å²) in [5.41, 5.74) is 2.98. The topological polar surface area (TPSA) is 111 Å². The Morgan fingerprint density at radius 1 is 1.05 bits per heavy atom. The van der Waals surface area contributed by atoms with Gasteiger partial charge in [-0.1, -0.05) is 0 Å². The Labute approximate surface area is 225 Å². The minimum Gasteiger partial charge on any atom is -0.480 e. The molecule has 0 fully saturated rings. The molecule has 6 rings (SSSR count). The highest BCUT2D eigenvalue weighted by Crippen LogP contribution is 2.43. The van der Waals surface area contributed by atoms with Gasteiger partial charge in [0.2, 0.25) is 5.88 Å². The maximum absolute atomic E-state index is 14.6. The lowest BCUT2D eigenvalue weighted by molar-refractivity contribution is 0.0979. The fraction of sp³-hybridized carbons (Fsp3) is 0.154. The van der Waals surface area contributed by atoms with E-state index >= 15 is 0 Å². The number of carbonyl (C=O) groups is 1. The second-order valence-electron chi connectivity index (χ2n) is 8.67. The van der Waals surface area contributed by atoms with Crippen LogP contribution in [0.2, 0.25) is 0 Å². The van der Waals surface area contributed by atoms with E-state index in [0.717, 1.165) is 54.3 Å². The van der Waals surface area contributed by atoms with Gasteiger partial charge in [0.1, 0.15) is 23.5 Å². The first-order valence-electron chi connectivity index (χ1n) is 11.5. The molecular formula is C26H19FN4O4S3. The number of pyridine rings is 1. The second-order valence-corrected chi connectivity index (χ2v) is 12.5. The summed E-state index contributed by atoms with van der Waals surface area (Å²) in [5, 5.41) is 0. The molecule has 5 aromatic rings. The Morgan fingerprint density at radius 3 is 2.71 bits per heavy atom. The van der Waals surface area contributed by atoms with Gasteiger partial charge in [-0.15, -0.1) is 22.7 Å². The highest BCUT2D eigenvalue weighted by molar-refractivity contribution is 7.92. The van der Waals surface area contributed by atoms with E-state index in [1.165, 1.54) is 36.1 Å². The molecule has 1 N–H and O–H groups in total. The van der Waals surface area contributed by atoms with Gasteiger partial charge in [0.25, 0.3) is 10.0 Å². The minimum atomic E-state index is -4.21. The minimum absolute atomic E-state index is 0.0229. The van der Waals surface area contributed by atoms with Crippen molar-refractivity contribution in [3.8, 4) is 26.9 Å². The van der Waals surface area contributed by atoms with Crippen molar-refractivity contribution >= 4 is 54.4 Å².